The molecule has 1 aliphatic rings. The lowest BCUT2D eigenvalue weighted by Crippen LogP contribution is -2.36. The van der Waals surface area contributed by atoms with E-state index in [0.29, 0.717) is 36.3 Å². The van der Waals surface area contributed by atoms with Crippen molar-refractivity contribution in [3.05, 3.63) is 59.1 Å². The molecule has 6 heteroatoms. The fourth-order valence-corrected chi connectivity index (χ4v) is 3.36. The Balaban J connectivity index is 1.52. The minimum atomic E-state index is -0.358. The summed E-state index contributed by atoms with van der Waals surface area (Å²) in [5.74, 6) is 0.986. The first-order valence-corrected chi connectivity index (χ1v) is 9.22. The molecule has 1 amide bonds. The Labute approximate surface area is 162 Å². The third-order valence-corrected chi connectivity index (χ3v) is 5.12. The molecule has 2 heterocycles. The van der Waals surface area contributed by atoms with Crippen molar-refractivity contribution in [2.75, 3.05) is 19.8 Å². The molecule has 1 aliphatic heterocycles. The zero-order chi connectivity index (χ0) is 19.9. The van der Waals surface area contributed by atoms with Crippen LogP contribution in [0, 0.1) is 12.7 Å². The van der Waals surface area contributed by atoms with Crippen LogP contribution in [0.15, 0.2) is 40.8 Å². The summed E-state index contributed by atoms with van der Waals surface area (Å²) >= 11 is 0. The summed E-state index contributed by atoms with van der Waals surface area (Å²) in [4.78, 5) is 12.7. The number of amides is 1. The molecule has 0 saturated heterocycles. The highest BCUT2D eigenvalue weighted by Crippen LogP contribution is 2.35. The van der Waals surface area contributed by atoms with Gasteiger partial charge in [0.2, 0.25) is 0 Å². The van der Waals surface area contributed by atoms with Crippen molar-refractivity contribution in [3.63, 3.8) is 0 Å². The largest absolute Gasteiger partial charge is 0.486 e. The number of benzene rings is 2. The SMILES string of the molecule is Cc1c(C(=O)NCC(C)(C)c2ccc3c(c2)OCCO3)oc2ccc(F)cc12. The van der Waals surface area contributed by atoms with Gasteiger partial charge in [-0.05, 0) is 42.8 Å². The molecule has 0 atom stereocenters. The van der Waals surface area contributed by atoms with Crippen LogP contribution in [0.3, 0.4) is 0 Å². The van der Waals surface area contributed by atoms with Crippen LogP contribution in [0.4, 0.5) is 4.39 Å². The lowest BCUT2D eigenvalue weighted by molar-refractivity contribution is 0.0919. The monoisotopic (exact) mass is 383 g/mol. The summed E-state index contributed by atoms with van der Waals surface area (Å²) in [6, 6.07) is 10.1. The van der Waals surface area contributed by atoms with E-state index in [1.807, 2.05) is 32.0 Å². The molecule has 0 saturated carbocycles. The van der Waals surface area contributed by atoms with Crippen LogP contribution >= 0.6 is 0 Å². The zero-order valence-electron chi connectivity index (χ0n) is 16.1. The number of fused-ring (bicyclic) bond motifs is 2. The van der Waals surface area contributed by atoms with Gasteiger partial charge in [0.1, 0.15) is 24.6 Å². The molecule has 3 aromatic rings. The van der Waals surface area contributed by atoms with E-state index in [1.54, 1.807) is 6.92 Å². The van der Waals surface area contributed by atoms with Crippen LogP contribution < -0.4 is 14.8 Å². The summed E-state index contributed by atoms with van der Waals surface area (Å²) in [6.07, 6.45) is 0. The maximum absolute atomic E-state index is 13.5. The van der Waals surface area contributed by atoms with Crippen LogP contribution in [0.2, 0.25) is 0 Å². The minimum Gasteiger partial charge on any atom is -0.486 e. The smallest absolute Gasteiger partial charge is 0.287 e. The Morgan fingerprint density at radius 3 is 2.64 bits per heavy atom. The number of halogens is 1. The highest BCUT2D eigenvalue weighted by Gasteiger charge is 2.26. The molecule has 1 aromatic heterocycles. The third kappa shape index (κ3) is 3.30. The minimum absolute atomic E-state index is 0.207. The molecule has 0 bridgehead atoms. The van der Waals surface area contributed by atoms with Gasteiger partial charge in [0.15, 0.2) is 17.3 Å². The lowest BCUT2D eigenvalue weighted by atomic mass is 9.84. The zero-order valence-corrected chi connectivity index (χ0v) is 16.1. The highest BCUT2D eigenvalue weighted by molar-refractivity contribution is 5.98. The van der Waals surface area contributed by atoms with Crippen LogP contribution in [0.25, 0.3) is 11.0 Å². The number of ether oxygens (including phenoxy) is 2. The van der Waals surface area contributed by atoms with E-state index in [1.165, 1.54) is 18.2 Å². The normalized spacial score (nSPS) is 13.6. The average Bonchev–Trinajstić information content (AvgIpc) is 3.02. The molecule has 5 nitrogen and oxygen atoms in total. The molecule has 146 valence electrons. The van der Waals surface area contributed by atoms with Gasteiger partial charge in [0, 0.05) is 22.9 Å². The Hall–Kier alpha value is -3.02. The number of hydrogen-bond acceptors (Lipinski definition) is 4. The number of furan rings is 1. The molecule has 0 radical (unpaired) electrons. The van der Waals surface area contributed by atoms with Crippen molar-refractivity contribution in [1.29, 1.82) is 0 Å². The maximum atomic E-state index is 13.5. The molecule has 4 rings (SSSR count). The van der Waals surface area contributed by atoms with Crippen LogP contribution in [0.5, 0.6) is 11.5 Å². The van der Waals surface area contributed by atoms with Gasteiger partial charge in [-0.2, -0.15) is 0 Å². The first-order chi connectivity index (χ1) is 13.3. The van der Waals surface area contributed by atoms with Crippen molar-refractivity contribution in [1.82, 2.24) is 5.32 Å². The Morgan fingerprint density at radius 1 is 1.11 bits per heavy atom. The second-order valence-corrected chi connectivity index (χ2v) is 7.62. The Bertz CT molecular complexity index is 1050. The lowest BCUT2D eigenvalue weighted by Gasteiger charge is -2.27. The molecule has 1 N–H and O–H groups in total. The predicted octanol–water partition coefficient (Wildman–Crippen LogP) is 4.36. The van der Waals surface area contributed by atoms with Crippen LogP contribution in [-0.2, 0) is 5.41 Å². The van der Waals surface area contributed by atoms with E-state index in [2.05, 4.69) is 5.32 Å². The van der Waals surface area contributed by atoms with Gasteiger partial charge >= 0.3 is 0 Å². The summed E-state index contributed by atoms with van der Waals surface area (Å²) in [6.45, 7) is 7.31. The van der Waals surface area contributed by atoms with Crippen molar-refractivity contribution in [3.8, 4) is 11.5 Å². The van der Waals surface area contributed by atoms with Gasteiger partial charge in [-0.15, -0.1) is 0 Å². The number of rotatable bonds is 4. The fourth-order valence-electron chi connectivity index (χ4n) is 3.36. The van der Waals surface area contributed by atoms with Gasteiger partial charge in [0.25, 0.3) is 5.91 Å². The van der Waals surface area contributed by atoms with Gasteiger partial charge in [-0.1, -0.05) is 19.9 Å². The van der Waals surface area contributed by atoms with E-state index in [9.17, 15) is 9.18 Å². The van der Waals surface area contributed by atoms with E-state index < -0.39 is 0 Å². The topological polar surface area (TPSA) is 60.7 Å². The predicted molar refractivity (Wildman–Crippen MR) is 104 cm³/mol. The first-order valence-electron chi connectivity index (χ1n) is 9.22. The number of aryl methyl sites for hydroxylation is 1. The first kappa shape index (κ1) is 18.3. The number of carbonyl (C=O) groups is 1. The standard InChI is InChI=1S/C22H22FNO4/c1-13-16-11-15(23)5-7-17(16)28-20(13)21(25)24-12-22(2,3)14-4-6-18-19(10-14)27-9-8-26-18/h4-7,10-11H,8-9,12H2,1-3H3,(H,24,25). The Kier molecular flexibility index (Phi) is 4.49. The van der Waals surface area contributed by atoms with E-state index >= 15 is 0 Å². The number of nitrogens with one attached hydrogen (secondary N) is 1. The molecule has 2 aromatic carbocycles. The number of hydrogen-bond donors (Lipinski definition) is 1. The molecular weight excluding hydrogens is 361 g/mol. The van der Waals surface area contributed by atoms with Gasteiger partial charge in [-0.25, -0.2) is 4.39 Å². The highest BCUT2D eigenvalue weighted by atomic mass is 19.1. The van der Waals surface area contributed by atoms with Crippen molar-refractivity contribution in [2.24, 2.45) is 0 Å². The third-order valence-electron chi connectivity index (χ3n) is 5.12. The van der Waals surface area contributed by atoms with E-state index in [-0.39, 0.29) is 22.9 Å². The fraction of sp³-hybridized carbons (Fsp3) is 0.318. The van der Waals surface area contributed by atoms with Crippen molar-refractivity contribution < 1.29 is 23.1 Å². The second-order valence-electron chi connectivity index (χ2n) is 7.62. The van der Waals surface area contributed by atoms with E-state index in [0.717, 1.165) is 17.1 Å². The molecule has 28 heavy (non-hydrogen) atoms. The summed E-state index contributed by atoms with van der Waals surface area (Å²) in [7, 11) is 0. The second kappa shape index (κ2) is 6.86. The van der Waals surface area contributed by atoms with Gasteiger partial charge in [0.05, 0.1) is 0 Å². The van der Waals surface area contributed by atoms with E-state index in [4.69, 9.17) is 13.9 Å². The maximum Gasteiger partial charge on any atom is 0.287 e. The van der Waals surface area contributed by atoms with Crippen LogP contribution in [-0.4, -0.2) is 25.7 Å². The molecule has 0 unspecified atom stereocenters. The summed E-state index contributed by atoms with van der Waals surface area (Å²) < 4.78 is 30.3. The van der Waals surface area contributed by atoms with Gasteiger partial charge < -0.3 is 19.2 Å². The molecular formula is C22H22FNO4. The molecule has 0 fully saturated rings. The summed E-state index contributed by atoms with van der Waals surface area (Å²) in [5, 5.41) is 3.54. The Morgan fingerprint density at radius 2 is 1.86 bits per heavy atom. The number of carbonyl (C=O) groups excluding carboxylic acids is 1. The molecule has 0 aliphatic carbocycles. The van der Waals surface area contributed by atoms with Crippen LogP contribution in [0.1, 0.15) is 35.5 Å². The van der Waals surface area contributed by atoms with Crippen molar-refractivity contribution >= 4 is 16.9 Å². The van der Waals surface area contributed by atoms with Crippen molar-refractivity contribution in [2.45, 2.75) is 26.2 Å². The van der Waals surface area contributed by atoms with Gasteiger partial charge in [-0.3, -0.25) is 4.79 Å². The summed E-state index contributed by atoms with van der Waals surface area (Å²) in [5.41, 5.74) is 1.82. The molecule has 0 spiro atoms. The average molecular weight is 383 g/mol. The quantitative estimate of drug-likeness (QED) is 0.727.